The predicted octanol–water partition coefficient (Wildman–Crippen LogP) is 2.22. The average Bonchev–Trinajstić information content (AvgIpc) is 2.23. The topological polar surface area (TPSA) is 41.0 Å². The van der Waals surface area contributed by atoms with Gasteiger partial charge in [0.25, 0.3) is 0 Å². The van der Waals surface area contributed by atoms with Crippen molar-refractivity contribution < 1.29 is 13.2 Å². The lowest BCUT2D eigenvalue weighted by Crippen LogP contribution is -2.25. The van der Waals surface area contributed by atoms with Gasteiger partial charge < -0.3 is 10.2 Å². The molecule has 0 radical (unpaired) electrons. The highest BCUT2D eigenvalue weighted by Crippen LogP contribution is 2.21. The monoisotopic (exact) mass is 248 g/mol. The second-order valence-corrected chi connectivity index (χ2v) is 3.70. The number of anilines is 2. The number of aryl methyl sites for hydroxylation is 1. The van der Waals surface area contributed by atoms with E-state index in [0.717, 1.165) is 0 Å². The van der Waals surface area contributed by atoms with Crippen molar-refractivity contribution in [3.63, 3.8) is 0 Å². The normalized spacial score (nSPS) is 11.4. The lowest BCUT2D eigenvalue weighted by Gasteiger charge is -2.19. The maximum Gasteiger partial charge on any atom is 0.390 e. The van der Waals surface area contributed by atoms with Gasteiger partial charge in [-0.3, -0.25) is 0 Å². The number of rotatable bonds is 4. The van der Waals surface area contributed by atoms with Crippen molar-refractivity contribution in [2.75, 3.05) is 30.9 Å². The molecular formula is C10H15F3N4. The number of aromatic nitrogens is 2. The number of nitrogens with one attached hydrogen (secondary N) is 1. The Morgan fingerprint density at radius 2 is 2.00 bits per heavy atom. The van der Waals surface area contributed by atoms with Crippen LogP contribution in [0.5, 0.6) is 0 Å². The minimum atomic E-state index is -4.15. The molecule has 96 valence electrons. The summed E-state index contributed by atoms with van der Waals surface area (Å²) in [6, 6.07) is 1.61. The van der Waals surface area contributed by atoms with Crippen LogP contribution in [0.1, 0.15) is 12.2 Å². The van der Waals surface area contributed by atoms with E-state index in [-0.39, 0.29) is 6.54 Å². The minimum absolute atomic E-state index is 0.122. The van der Waals surface area contributed by atoms with E-state index in [1.807, 2.05) is 0 Å². The van der Waals surface area contributed by atoms with Crippen LogP contribution in [0.15, 0.2) is 6.07 Å². The fourth-order valence-corrected chi connectivity index (χ4v) is 1.28. The van der Waals surface area contributed by atoms with Crippen molar-refractivity contribution in [1.29, 1.82) is 0 Å². The van der Waals surface area contributed by atoms with Crippen molar-refractivity contribution in [3.8, 4) is 0 Å². The van der Waals surface area contributed by atoms with Crippen molar-refractivity contribution >= 4 is 11.6 Å². The SMILES string of the molecule is CNc1cc(N(C)CCC(F)(F)F)nc(C)n1. The molecule has 0 saturated carbocycles. The third kappa shape index (κ3) is 4.46. The Labute approximate surface area is 97.9 Å². The molecule has 0 aromatic carbocycles. The summed E-state index contributed by atoms with van der Waals surface area (Å²) in [5.41, 5.74) is 0. The summed E-state index contributed by atoms with van der Waals surface area (Å²) in [5, 5.41) is 2.84. The molecule has 4 nitrogen and oxygen atoms in total. The minimum Gasteiger partial charge on any atom is -0.373 e. The Morgan fingerprint density at radius 3 is 2.53 bits per heavy atom. The van der Waals surface area contributed by atoms with Crippen LogP contribution in [0.4, 0.5) is 24.8 Å². The van der Waals surface area contributed by atoms with Crippen molar-refractivity contribution in [3.05, 3.63) is 11.9 Å². The third-order valence-corrected chi connectivity index (χ3v) is 2.20. The molecule has 0 bridgehead atoms. The van der Waals surface area contributed by atoms with E-state index in [1.165, 1.54) is 4.90 Å². The molecule has 1 aromatic heterocycles. The van der Waals surface area contributed by atoms with Gasteiger partial charge in [-0.05, 0) is 6.92 Å². The second kappa shape index (κ2) is 5.20. The summed E-state index contributed by atoms with van der Waals surface area (Å²) < 4.78 is 36.3. The predicted molar refractivity (Wildman–Crippen MR) is 60.3 cm³/mol. The zero-order valence-corrected chi connectivity index (χ0v) is 9.97. The Morgan fingerprint density at radius 1 is 1.35 bits per heavy atom. The van der Waals surface area contributed by atoms with E-state index < -0.39 is 12.6 Å². The van der Waals surface area contributed by atoms with Crippen LogP contribution in [0.2, 0.25) is 0 Å². The average molecular weight is 248 g/mol. The number of hydrogen-bond acceptors (Lipinski definition) is 4. The summed E-state index contributed by atoms with van der Waals surface area (Å²) in [4.78, 5) is 9.62. The van der Waals surface area contributed by atoms with Gasteiger partial charge in [-0.25, -0.2) is 9.97 Å². The van der Waals surface area contributed by atoms with Crippen LogP contribution in [-0.4, -0.2) is 36.8 Å². The summed E-state index contributed by atoms with van der Waals surface area (Å²) in [6.45, 7) is 1.57. The van der Waals surface area contributed by atoms with Crippen molar-refractivity contribution in [2.24, 2.45) is 0 Å². The van der Waals surface area contributed by atoms with Crippen LogP contribution < -0.4 is 10.2 Å². The maximum atomic E-state index is 12.1. The van der Waals surface area contributed by atoms with E-state index in [1.54, 1.807) is 27.1 Å². The molecule has 1 aromatic rings. The lowest BCUT2D eigenvalue weighted by atomic mass is 10.3. The highest BCUT2D eigenvalue weighted by atomic mass is 19.4. The number of alkyl halides is 3. The van der Waals surface area contributed by atoms with E-state index in [0.29, 0.717) is 17.5 Å². The lowest BCUT2D eigenvalue weighted by molar-refractivity contribution is -0.132. The van der Waals surface area contributed by atoms with Gasteiger partial charge in [0.15, 0.2) is 0 Å². The second-order valence-electron chi connectivity index (χ2n) is 3.70. The molecule has 1 heterocycles. The van der Waals surface area contributed by atoms with E-state index in [2.05, 4.69) is 15.3 Å². The first-order chi connectivity index (χ1) is 7.81. The molecule has 0 spiro atoms. The van der Waals surface area contributed by atoms with Crippen LogP contribution in [0, 0.1) is 6.92 Å². The molecule has 1 rings (SSSR count). The zero-order chi connectivity index (χ0) is 13.1. The molecule has 0 aliphatic carbocycles. The molecule has 7 heteroatoms. The highest BCUT2D eigenvalue weighted by molar-refractivity contribution is 5.48. The summed E-state index contributed by atoms with van der Waals surface area (Å²) in [6.07, 6.45) is -5.01. The maximum absolute atomic E-state index is 12.1. The molecule has 0 aliphatic heterocycles. The van der Waals surface area contributed by atoms with Gasteiger partial charge in [-0.1, -0.05) is 0 Å². The quantitative estimate of drug-likeness (QED) is 0.887. The van der Waals surface area contributed by atoms with Crippen molar-refractivity contribution in [2.45, 2.75) is 19.5 Å². The first-order valence-corrected chi connectivity index (χ1v) is 5.13. The molecule has 17 heavy (non-hydrogen) atoms. The van der Waals surface area contributed by atoms with E-state index >= 15 is 0 Å². The summed E-state index contributed by atoms with van der Waals surface area (Å²) in [5.74, 6) is 1.59. The van der Waals surface area contributed by atoms with Gasteiger partial charge in [-0.15, -0.1) is 0 Å². The Balaban J connectivity index is 2.74. The van der Waals surface area contributed by atoms with Crippen LogP contribution in [-0.2, 0) is 0 Å². The number of halogens is 3. The first-order valence-electron chi connectivity index (χ1n) is 5.13. The van der Waals surface area contributed by atoms with Crippen LogP contribution in [0.25, 0.3) is 0 Å². The Bertz CT molecular complexity index is 378. The van der Waals surface area contributed by atoms with Gasteiger partial charge in [0.05, 0.1) is 6.42 Å². The van der Waals surface area contributed by atoms with E-state index in [9.17, 15) is 13.2 Å². The fraction of sp³-hybridized carbons (Fsp3) is 0.600. The van der Waals surface area contributed by atoms with E-state index in [4.69, 9.17) is 0 Å². The molecule has 0 saturated heterocycles. The van der Waals surface area contributed by atoms with Gasteiger partial charge in [0, 0.05) is 26.7 Å². The molecule has 0 aliphatic rings. The molecular weight excluding hydrogens is 233 g/mol. The van der Waals surface area contributed by atoms with Gasteiger partial charge in [-0.2, -0.15) is 13.2 Å². The molecule has 0 unspecified atom stereocenters. The first kappa shape index (κ1) is 13.5. The molecule has 0 fully saturated rings. The smallest absolute Gasteiger partial charge is 0.373 e. The highest BCUT2D eigenvalue weighted by Gasteiger charge is 2.27. The fourth-order valence-electron chi connectivity index (χ4n) is 1.28. The van der Waals surface area contributed by atoms with Crippen LogP contribution in [0.3, 0.4) is 0 Å². The molecule has 0 amide bonds. The number of hydrogen-bond donors (Lipinski definition) is 1. The van der Waals surface area contributed by atoms with Crippen molar-refractivity contribution in [1.82, 2.24) is 9.97 Å². The summed E-state index contributed by atoms with van der Waals surface area (Å²) >= 11 is 0. The van der Waals surface area contributed by atoms with Gasteiger partial charge in [0.1, 0.15) is 17.5 Å². The van der Waals surface area contributed by atoms with Gasteiger partial charge in [0.2, 0.25) is 0 Å². The Kier molecular flexibility index (Phi) is 4.14. The largest absolute Gasteiger partial charge is 0.390 e. The van der Waals surface area contributed by atoms with Gasteiger partial charge >= 0.3 is 6.18 Å². The van der Waals surface area contributed by atoms with Crippen LogP contribution >= 0.6 is 0 Å². The molecule has 1 N–H and O–H groups in total. The molecule has 0 atom stereocenters. The zero-order valence-electron chi connectivity index (χ0n) is 9.97. The summed E-state index contributed by atoms with van der Waals surface area (Å²) in [7, 11) is 3.27. The number of nitrogens with zero attached hydrogens (tertiary/aromatic N) is 3. The third-order valence-electron chi connectivity index (χ3n) is 2.20. The standard InChI is InChI=1S/C10H15F3N4/c1-7-15-8(14-2)6-9(16-7)17(3)5-4-10(11,12)13/h6H,4-5H2,1-3H3,(H,14,15,16). The Hall–Kier alpha value is -1.53.